The number of carbonyl (C=O) groups is 2. The minimum absolute atomic E-state index is 0.0724. The monoisotopic (exact) mass is 535 g/mol. The van der Waals surface area contributed by atoms with Crippen LogP contribution in [0.3, 0.4) is 0 Å². The molecule has 3 aromatic carbocycles. The number of nitrogens with zero attached hydrogens (tertiary/aromatic N) is 1. The first kappa shape index (κ1) is 27.1. The van der Waals surface area contributed by atoms with Crippen LogP contribution in [0.4, 0.5) is 5.69 Å². The van der Waals surface area contributed by atoms with E-state index in [2.05, 4.69) is 13.8 Å². The number of methoxy groups -OCH3 is 2. The first-order valence-corrected chi connectivity index (χ1v) is 12.6. The van der Waals surface area contributed by atoms with Gasteiger partial charge in [0.1, 0.15) is 23.0 Å². The molecule has 1 saturated heterocycles. The van der Waals surface area contributed by atoms with Crippen molar-refractivity contribution in [1.29, 1.82) is 0 Å². The summed E-state index contributed by atoms with van der Waals surface area (Å²) in [4.78, 5) is 28.5. The highest BCUT2D eigenvalue weighted by atomic mass is 35.5. The first-order chi connectivity index (χ1) is 18.2. The Balaban J connectivity index is 1.97. The van der Waals surface area contributed by atoms with Gasteiger partial charge in [0.15, 0.2) is 0 Å². The van der Waals surface area contributed by atoms with Gasteiger partial charge in [-0.1, -0.05) is 55.8 Å². The van der Waals surface area contributed by atoms with E-state index in [1.165, 1.54) is 31.3 Å². The normalized spacial score (nSPS) is 16.7. The van der Waals surface area contributed by atoms with Gasteiger partial charge < -0.3 is 19.3 Å². The zero-order valence-electron chi connectivity index (χ0n) is 21.9. The first-order valence-electron chi connectivity index (χ1n) is 12.3. The number of benzene rings is 3. The van der Waals surface area contributed by atoms with Crippen LogP contribution < -0.4 is 19.1 Å². The molecule has 0 spiro atoms. The second-order valence-corrected chi connectivity index (χ2v) is 9.52. The van der Waals surface area contributed by atoms with Crippen molar-refractivity contribution >= 4 is 34.7 Å². The van der Waals surface area contributed by atoms with Gasteiger partial charge in [0, 0.05) is 17.8 Å². The second kappa shape index (κ2) is 11.2. The van der Waals surface area contributed by atoms with E-state index in [1.807, 2.05) is 31.2 Å². The van der Waals surface area contributed by atoms with Crippen LogP contribution in [0, 0.1) is 0 Å². The van der Waals surface area contributed by atoms with Crippen LogP contribution in [0.5, 0.6) is 17.2 Å². The Labute approximate surface area is 227 Å². The van der Waals surface area contributed by atoms with Gasteiger partial charge in [-0.2, -0.15) is 0 Å². The number of hydrogen-bond donors (Lipinski definition) is 1. The number of Topliss-reactive ketones (excluding diaryl/α,β-unsaturated/α-hetero) is 1. The van der Waals surface area contributed by atoms with Crippen molar-refractivity contribution in [3.63, 3.8) is 0 Å². The number of ether oxygens (including phenoxy) is 3. The Morgan fingerprint density at radius 2 is 1.68 bits per heavy atom. The number of halogens is 1. The van der Waals surface area contributed by atoms with Crippen LogP contribution in [0.2, 0.25) is 5.02 Å². The molecule has 38 heavy (non-hydrogen) atoms. The fraction of sp³-hybridized carbons (Fsp3) is 0.267. The van der Waals surface area contributed by atoms with Gasteiger partial charge in [0.2, 0.25) is 0 Å². The Kier molecular flexibility index (Phi) is 7.97. The smallest absolute Gasteiger partial charge is 0.300 e. The maximum atomic E-state index is 13.6. The average Bonchev–Trinajstić information content (AvgIpc) is 3.18. The standard InChI is InChI=1S/C30H30ClNO6/c1-6-38-21-9-7-8-20(14-21)32-27(19-12-10-18(11-13-19)17(2)3)26(29(34)30(32)35)28(33)22-15-25(37-5)23(31)16-24(22)36-4/h7-17,27,33H,6H2,1-5H3/b28-26+. The van der Waals surface area contributed by atoms with E-state index >= 15 is 0 Å². The second-order valence-electron chi connectivity index (χ2n) is 9.11. The van der Waals surface area contributed by atoms with Crippen molar-refractivity contribution in [1.82, 2.24) is 0 Å². The molecule has 1 aliphatic heterocycles. The molecule has 7 nitrogen and oxygen atoms in total. The van der Waals surface area contributed by atoms with Gasteiger partial charge in [-0.15, -0.1) is 0 Å². The van der Waals surface area contributed by atoms with Crippen LogP contribution in [-0.2, 0) is 9.59 Å². The van der Waals surface area contributed by atoms with Gasteiger partial charge in [0.25, 0.3) is 11.7 Å². The quantitative estimate of drug-likeness (QED) is 0.201. The number of hydrogen-bond acceptors (Lipinski definition) is 6. The van der Waals surface area contributed by atoms with Crippen LogP contribution in [0.25, 0.3) is 5.76 Å². The number of anilines is 1. The molecule has 1 N–H and O–H groups in total. The highest BCUT2D eigenvalue weighted by Gasteiger charge is 2.47. The van der Waals surface area contributed by atoms with Crippen molar-refractivity contribution in [3.05, 3.63) is 87.9 Å². The van der Waals surface area contributed by atoms with Crippen molar-refractivity contribution in [2.45, 2.75) is 32.7 Å². The molecule has 8 heteroatoms. The zero-order valence-corrected chi connectivity index (χ0v) is 22.7. The lowest BCUT2D eigenvalue weighted by Gasteiger charge is -2.26. The third-order valence-electron chi connectivity index (χ3n) is 6.50. The third kappa shape index (κ3) is 4.94. The van der Waals surface area contributed by atoms with Gasteiger partial charge in [-0.25, -0.2) is 0 Å². The predicted molar refractivity (Wildman–Crippen MR) is 147 cm³/mol. The van der Waals surface area contributed by atoms with E-state index in [-0.39, 0.29) is 27.7 Å². The zero-order chi connectivity index (χ0) is 27.6. The molecule has 1 amide bonds. The maximum Gasteiger partial charge on any atom is 0.300 e. The highest BCUT2D eigenvalue weighted by Crippen LogP contribution is 2.45. The molecule has 0 saturated carbocycles. The SMILES string of the molecule is CCOc1cccc(N2C(=O)C(=O)/C(=C(/O)c3cc(OC)c(Cl)cc3OC)C2c2ccc(C(C)C)cc2)c1. The molecule has 1 heterocycles. The number of ketones is 1. The molecule has 4 rings (SSSR count). The summed E-state index contributed by atoms with van der Waals surface area (Å²) in [6.07, 6.45) is 0. The Bertz CT molecular complexity index is 1400. The summed E-state index contributed by atoms with van der Waals surface area (Å²) in [5, 5.41) is 11.9. The minimum atomic E-state index is -0.903. The summed E-state index contributed by atoms with van der Waals surface area (Å²) < 4.78 is 16.4. The number of carbonyl (C=O) groups excluding carboxylic acids is 2. The number of aliphatic hydroxyl groups excluding tert-OH is 1. The summed E-state index contributed by atoms with van der Waals surface area (Å²) >= 11 is 6.26. The van der Waals surface area contributed by atoms with Crippen molar-refractivity contribution in [3.8, 4) is 17.2 Å². The number of rotatable bonds is 8. The topological polar surface area (TPSA) is 85.3 Å². The fourth-order valence-corrected chi connectivity index (χ4v) is 4.79. The average molecular weight is 536 g/mol. The molecule has 198 valence electrons. The molecular weight excluding hydrogens is 506 g/mol. The molecule has 0 aromatic heterocycles. The van der Waals surface area contributed by atoms with Gasteiger partial charge in [0.05, 0.1) is 43.0 Å². The van der Waals surface area contributed by atoms with E-state index in [4.69, 9.17) is 25.8 Å². The van der Waals surface area contributed by atoms with E-state index in [0.29, 0.717) is 29.5 Å². The molecule has 0 aliphatic carbocycles. The summed E-state index contributed by atoms with van der Waals surface area (Å²) in [5.74, 6) is -0.612. The summed E-state index contributed by atoms with van der Waals surface area (Å²) in [5.41, 5.74) is 2.34. The molecule has 3 aromatic rings. The Hall–Kier alpha value is -3.97. The lowest BCUT2D eigenvalue weighted by Crippen LogP contribution is -2.29. The molecule has 0 bridgehead atoms. The molecule has 1 aliphatic rings. The van der Waals surface area contributed by atoms with Crippen molar-refractivity contribution in [2.75, 3.05) is 25.7 Å². The molecular formula is C30H30ClNO6. The molecule has 1 unspecified atom stereocenters. The van der Waals surface area contributed by atoms with Crippen LogP contribution in [0.1, 0.15) is 49.4 Å². The molecule has 0 radical (unpaired) electrons. The van der Waals surface area contributed by atoms with E-state index in [1.54, 1.807) is 24.3 Å². The fourth-order valence-electron chi connectivity index (χ4n) is 4.56. The Morgan fingerprint density at radius 3 is 2.29 bits per heavy atom. The van der Waals surface area contributed by atoms with Crippen LogP contribution in [0.15, 0.2) is 66.2 Å². The summed E-state index contributed by atoms with van der Waals surface area (Å²) in [7, 11) is 2.87. The van der Waals surface area contributed by atoms with Crippen LogP contribution in [-0.4, -0.2) is 37.6 Å². The maximum absolute atomic E-state index is 13.6. The number of amides is 1. The number of aliphatic hydroxyl groups is 1. The van der Waals surface area contributed by atoms with Gasteiger partial charge >= 0.3 is 0 Å². The highest BCUT2D eigenvalue weighted by molar-refractivity contribution is 6.51. The van der Waals surface area contributed by atoms with Crippen LogP contribution >= 0.6 is 11.6 Å². The van der Waals surface area contributed by atoms with Gasteiger partial charge in [-0.05, 0) is 42.2 Å². The Morgan fingerprint density at radius 1 is 1.00 bits per heavy atom. The molecule has 1 atom stereocenters. The van der Waals surface area contributed by atoms with E-state index < -0.39 is 23.5 Å². The van der Waals surface area contributed by atoms with Crippen molar-refractivity contribution < 1.29 is 28.9 Å². The largest absolute Gasteiger partial charge is 0.507 e. The van der Waals surface area contributed by atoms with Gasteiger partial charge in [-0.3, -0.25) is 14.5 Å². The summed E-state index contributed by atoms with van der Waals surface area (Å²) in [6.45, 7) is 6.48. The van der Waals surface area contributed by atoms with Crippen molar-refractivity contribution in [2.24, 2.45) is 0 Å². The summed E-state index contributed by atoms with van der Waals surface area (Å²) in [6, 6.07) is 16.7. The lowest BCUT2D eigenvalue weighted by atomic mass is 9.92. The third-order valence-corrected chi connectivity index (χ3v) is 6.79. The molecule has 1 fully saturated rings. The lowest BCUT2D eigenvalue weighted by molar-refractivity contribution is -0.132. The van der Waals surface area contributed by atoms with E-state index in [9.17, 15) is 14.7 Å². The minimum Gasteiger partial charge on any atom is -0.507 e. The predicted octanol–water partition coefficient (Wildman–Crippen LogP) is 6.51. The van der Waals surface area contributed by atoms with E-state index in [0.717, 1.165) is 5.56 Å².